The van der Waals surface area contributed by atoms with Crippen LogP contribution in [-0.2, 0) is 45.9 Å². The Kier molecular flexibility index (Phi) is 18.1. The zero-order chi connectivity index (χ0) is 36.1. The fourth-order valence-electron chi connectivity index (χ4n) is 4.14. The zero-order valence-corrected chi connectivity index (χ0v) is 32.3. The predicted molar refractivity (Wildman–Crippen MR) is 167 cm³/mol. The Bertz CT molecular complexity index is 1600. The number of nitrogens with one attached hydrogen (secondary N) is 2. The molecule has 2 aromatic heterocycles. The summed E-state index contributed by atoms with van der Waals surface area (Å²) >= 11 is 3.95. The molecule has 280 valence electrons. The smallest absolute Gasteiger partial charge is 0.412 e. The summed E-state index contributed by atoms with van der Waals surface area (Å²) < 4.78 is 61.7. The number of phosphoric ester groups is 3. The summed E-state index contributed by atoms with van der Waals surface area (Å²) in [5.41, 5.74) is 4.30. The summed E-state index contributed by atoms with van der Waals surface area (Å²) in [7, 11) is -16.3. The van der Waals surface area contributed by atoms with Gasteiger partial charge in [-0.3, -0.25) is 27.7 Å². The van der Waals surface area contributed by atoms with Crippen molar-refractivity contribution in [3.05, 3.63) is 12.7 Å². The van der Waals surface area contributed by atoms with Crippen LogP contribution in [-0.4, -0.2) is 123 Å². The van der Waals surface area contributed by atoms with Crippen molar-refractivity contribution in [1.82, 2.24) is 30.2 Å². The third kappa shape index (κ3) is 13.4. The quantitative estimate of drug-likeness (QED) is 0.0381. The van der Waals surface area contributed by atoms with Gasteiger partial charge >= 0.3 is 53.0 Å². The molecule has 2 amide bonds. The van der Waals surface area contributed by atoms with Crippen molar-refractivity contribution < 1.29 is 111 Å². The molecule has 24 nitrogen and oxygen atoms in total. The number of nitrogens with two attached hydrogens (primary N) is 1. The Labute approximate surface area is 311 Å². The molecule has 3 rings (SSSR count). The third-order valence-electron chi connectivity index (χ3n) is 6.51. The van der Waals surface area contributed by atoms with E-state index in [4.69, 9.17) is 19.5 Å². The van der Waals surface area contributed by atoms with E-state index in [1.165, 1.54) is 13.8 Å². The summed E-state index contributed by atoms with van der Waals surface area (Å²) in [6.07, 6.45) is -6.74. The van der Waals surface area contributed by atoms with E-state index < -0.39 is 78.6 Å². The number of aliphatic hydroxyl groups excluding tert-OH is 2. The molecule has 1 saturated heterocycles. The van der Waals surface area contributed by atoms with Gasteiger partial charge in [0.2, 0.25) is 11.8 Å². The van der Waals surface area contributed by atoms with Gasteiger partial charge in [0.05, 0.1) is 19.5 Å². The van der Waals surface area contributed by atoms with E-state index in [2.05, 4.69) is 47.0 Å². The Morgan fingerprint density at radius 3 is 2.36 bits per heavy atom. The van der Waals surface area contributed by atoms with Crippen LogP contribution >= 0.6 is 36.1 Å². The molecular weight excluding hydrogens is 770 g/mol. The largest absolute Gasteiger partial charge is 1.00 e. The molecule has 29 heteroatoms. The maximum absolute atomic E-state index is 12.6. The number of carbonyl (C=O) groups excluding carboxylic acids is 2. The third-order valence-corrected chi connectivity index (χ3v) is 9.83. The first-order valence-electron chi connectivity index (χ1n) is 13.7. The Hall–Kier alpha value is -1.15. The minimum Gasteiger partial charge on any atom is -0.412 e. The van der Waals surface area contributed by atoms with Crippen molar-refractivity contribution in [2.45, 2.75) is 50.9 Å². The van der Waals surface area contributed by atoms with E-state index in [0.29, 0.717) is 12.3 Å². The van der Waals surface area contributed by atoms with Crippen LogP contribution in [0.3, 0.4) is 0 Å². The van der Waals surface area contributed by atoms with Crippen LogP contribution < -0.4 is 45.9 Å². The van der Waals surface area contributed by atoms with Crippen LogP contribution in [0.5, 0.6) is 0 Å². The molecule has 12 N–H and O–H groups in total. The van der Waals surface area contributed by atoms with E-state index in [1.54, 1.807) is 0 Å². The summed E-state index contributed by atoms with van der Waals surface area (Å²) in [5, 5.41) is 26.1. The first-order chi connectivity index (χ1) is 22.2. The van der Waals surface area contributed by atoms with Crippen LogP contribution in [0, 0.1) is 5.41 Å². The molecular formula is C21H38N7NaO17P3S+. The van der Waals surface area contributed by atoms with E-state index in [1.807, 2.05) is 0 Å². The maximum Gasteiger partial charge on any atom is 1.00 e. The van der Waals surface area contributed by atoms with E-state index in [-0.39, 0.29) is 70.9 Å². The molecule has 0 bridgehead atoms. The van der Waals surface area contributed by atoms with Crippen LogP contribution in [0.25, 0.3) is 11.2 Å². The first kappa shape index (κ1) is 46.9. The van der Waals surface area contributed by atoms with Gasteiger partial charge < -0.3 is 56.4 Å². The van der Waals surface area contributed by atoms with Gasteiger partial charge in [0.15, 0.2) is 17.7 Å². The number of fused-ring (bicyclic) bond motifs is 1. The monoisotopic (exact) mass is 808 g/mol. The number of ether oxygens (including phenoxy) is 1. The number of nitrogen functional groups attached to an aromatic ring is 1. The number of carbonyl (C=O) groups is 2. The SMILES string of the molecule is CC(C)(COP(=O)(O)OP(=O)(O)OC[C@H]1OC(n2cnc3c(N)ncnc32)[C@H](O)[C@@H]1OP(=O)(O)O)[C@@H](O)C(=O)NCCC(=O)NCCS.O.[Na+]. The van der Waals surface area contributed by atoms with Crippen LogP contribution in [0.15, 0.2) is 12.7 Å². The number of nitrogens with zero attached hydrogens (tertiary/aromatic N) is 4. The Morgan fingerprint density at radius 2 is 1.74 bits per heavy atom. The van der Waals surface area contributed by atoms with Gasteiger partial charge in [-0.1, -0.05) is 13.8 Å². The number of imidazole rings is 1. The minimum atomic E-state index is -5.54. The van der Waals surface area contributed by atoms with Crippen LogP contribution in [0.2, 0.25) is 0 Å². The van der Waals surface area contributed by atoms with Crippen LogP contribution in [0.1, 0.15) is 26.5 Å². The van der Waals surface area contributed by atoms with Crippen molar-refractivity contribution in [3.63, 3.8) is 0 Å². The molecule has 3 heterocycles. The number of thiol groups is 1. The number of aromatic nitrogens is 4. The molecule has 0 spiro atoms. The number of amides is 2. The molecule has 50 heavy (non-hydrogen) atoms. The molecule has 0 radical (unpaired) electrons. The van der Waals surface area contributed by atoms with Gasteiger partial charge in [0.25, 0.3) is 0 Å². The number of anilines is 1. The fraction of sp³-hybridized carbons (Fsp3) is 0.667. The predicted octanol–water partition coefficient (Wildman–Crippen LogP) is -5.49. The number of aliphatic hydroxyl groups is 2. The van der Waals surface area contributed by atoms with E-state index in [0.717, 1.165) is 17.2 Å². The standard InChI is InChI=1S/C21H36N7O16P3S.Na.H2O/c1-21(2,16(31)19(32)24-4-3-12(29)23-5-6-48)8-41-47(38,39)44-46(36,37)40-7-11-15(43-45(33,34)35)14(30)20(42-11)28-10-27-13-17(22)25-9-26-18(13)28;;/h9-11,14-16,20,30-31,48H,3-8H2,1-2H3,(H,23,29)(H,24,32)(H,36,37)(H,38,39)(H2,22,25,26)(H2,33,34,35);;1H2/q;+1;/t11-,14-,15-,16+,20?;;/m1../s1. The zero-order valence-electron chi connectivity index (χ0n) is 26.7. The van der Waals surface area contributed by atoms with Crippen molar-refractivity contribution in [2.75, 3.05) is 37.8 Å². The van der Waals surface area contributed by atoms with E-state index >= 15 is 0 Å². The summed E-state index contributed by atoms with van der Waals surface area (Å²) in [6, 6.07) is 0. The second-order valence-electron chi connectivity index (χ2n) is 10.8. The van der Waals surface area contributed by atoms with Gasteiger partial charge in [-0.15, -0.1) is 0 Å². The van der Waals surface area contributed by atoms with Gasteiger partial charge in [-0.2, -0.15) is 16.9 Å². The normalized spacial score (nSPS) is 22.4. The minimum absolute atomic E-state index is 0. The van der Waals surface area contributed by atoms with Crippen molar-refractivity contribution >= 4 is 64.9 Å². The van der Waals surface area contributed by atoms with Gasteiger partial charge in [-0.05, 0) is 0 Å². The second-order valence-corrected chi connectivity index (χ2v) is 15.5. The summed E-state index contributed by atoms with van der Waals surface area (Å²) in [5.74, 6) is -0.943. The number of rotatable bonds is 18. The maximum atomic E-state index is 12.6. The molecule has 0 saturated carbocycles. The average molecular weight is 809 g/mol. The molecule has 1 aliphatic heterocycles. The number of hydrogen-bond donors (Lipinski definition) is 10. The Balaban J connectivity index is 0.00000625. The van der Waals surface area contributed by atoms with Crippen LogP contribution in [0.4, 0.5) is 5.82 Å². The van der Waals surface area contributed by atoms with Crippen molar-refractivity contribution in [1.29, 1.82) is 0 Å². The number of phosphoric acid groups is 3. The summed E-state index contributed by atoms with van der Waals surface area (Å²) in [6.45, 7) is 0.723. The van der Waals surface area contributed by atoms with Gasteiger partial charge in [0, 0.05) is 30.7 Å². The first-order valence-corrected chi connectivity index (χ1v) is 18.8. The molecule has 0 aliphatic carbocycles. The number of hydrogen-bond acceptors (Lipinski definition) is 17. The van der Waals surface area contributed by atoms with Crippen molar-refractivity contribution in [2.24, 2.45) is 5.41 Å². The average Bonchev–Trinajstić information content (AvgIpc) is 3.54. The molecule has 0 aromatic carbocycles. The molecule has 2 aromatic rings. The molecule has 3 unspecified atom stereocenters. The summed E-state index contributed by atoms with van der Waals surface area (Å²) in [4.78, 5) is 74.6. The fourth-order valence-corrected chi connectivity index (χ4v) is 7.08. The van der Waals surface area contributed by atoms with E-state index in [9.17, 15) is 53.1 Å². The molecule has 7 atom stereocenters. The topological polar surface area (TPSA) is 378 Å². The second kappa shape index (κ2) is 19.3. The molecule has 1 aliphatic rings. The van der Waals surface area contributed by atoms with Gasteiger partial charge in [0.1, 0.15) is 36.3 Å². The van der Waals surface area contributed by atoms with Crippen molar-refractivity contribution in [3.8, 4) is 0 Å². The Morgan fingerprint density at radius 1 is 1.10 bits per heavy atom. The molecule has 1 fully saturated rings. The van der Waals surface area contributed by atoms with Gasteiger partial charge in [-0.25, -0.2) is 28.6 Å².